The first-order valence-electron chi connectivity index (χ1n) is 27.7. The second-order valence-corrected chi connectivity index (χ2v) is 41.0. The third-order valence-corrected chi connectivity index (χ3v) is 32.2. The zero-order valence-corrected chi connectivity index (χ0v) is 50.4. The molecule has 72 heavy (non-hydrogen) atoms. The van der Waals surface area contributed by atoms with Crippen molar-refractivity contribution in [3.63, 3.8) is 0 Å². The Morgan fingerprint density at radius 3 is 1.81 bits per heavy atom. The number of fused-ring (bicyclic) bond motifs is 2. The van der Waals surface area contributed by atoms with Crippen LogP contribution in [0.25, 0.3) is 0 Å². The van der Waals surface area contributed by atoms with Gasteiger partial charge in [-0.05, 0) is 96.8 Å². The fourth-order valence-electron chi connectivity index (χ4n) is 12.1. The number of benzene rings is 3. The van der Waals surface area contributed by atoms with Crippen molar-refractivity contribution in [3.8, 4) is 0 Å². The molecule has 0 unspecified atom stereocenters. The van der Waals surface area contributed by atoms with E-state index in [2.05, 4.69) is 194 Å². The maximum Gasteiger partial charge on any atom is 0.261 e. The Balaban J connectivity index is 1.05. The van der Waals surface area contributed by atoms with Crippen LogP contribution in [0.3, 0.4) is 0 Å². The molecule has 11 atom stereocenters. The quantitative estimate of drug-likeness (QED) is 0.123. The van der Waals surface area contributed by atoms with Crippen LogP contribution in [0.15, 0.2) is 91.0 Å². The molecule has 0 amide bonds. The summed E-state index contributed by atoms with van der Waals surface area (Å²) in [5, 5.41) is 2.45. The molecular formula is C60H94O9Si3. The van der Waals surface area contributed by atoms with E-state index in [0.29, 0.717) is 26.2 Å². The van der Waals surface area contributed by atoms with Crippen LogP contribution < -0.4 is 10.4 Å². The summed E-state index contributed by atoms with van der Waals surface area (Å²) in [4.78, 5) is 0. The average molecular weight is 1040 g/mol. The van der Waals surface area contributed by atoms with E-state index in [9.17, 15) is 0 Å². The van der Waals surface area contributed by atoms with Crippen molar-refractivity contribution in [2.24, 2.45) is 5.92 Å². The second-order valence-electron chi connectivity index (χ2n) is 27.2. The SMILES string of the molecule is C[C@@H](CO[Si](c1ccccc1)(c1ccccc1)C(C)(C)C)[C@@H]1CCC[C@@]2(CC[C@H]([C@H](O[Si](C)(C)C(C)(C)C)[C@@]3(C)C[C@@H](O[Si](C)(C)C(C)(C)C)[C@@H]([C@H]4C[C@]5(C)CC[C@](COCc6ccccc6)(O4)O5)O3)O2)O1. The highest BCUT2D eigenvalue weighted by atomic mass is 28.4. The molecule has 0 aliphatic carbocycles. The summed E-state index contributed by atoms with van der Waals surface area (Å²) in [6.07, 6.45) is 6.14. The first-order valence-corrected chi connectivity index (χ1v) is 35.4. The van der Waals surface area contributed by atoms with Gasteiger partial charge in [0.2, 0.25) is 0 Å². The van der Waals surface area contributed by atoms with Gasteiger partial charge in [-0.25, -0.2) is 0 Å². The summed E-state index contributed by atoms with van der Waals surface area (Å²) in [7, 11) is -7.42. The molecule has 5 fully saturated rings. The molecule has 1 spiro atoms. The van der Waals surface area contributed by atoms with Gasteiger partial charge in [0.1, 0.15) is 18.8 Å². The van der Waals surface area contributed by atoms with Gasteiger partial charge in [-0.1, -0.05) is 160 Å². The van der Waals surface area contributed by atoms with Gasteiger partial charge in [-0.2, -0.15) is 0 Å². The molecule has 3 aromatic carbocycles. The molecule has 12 heteroatoms. The van der Waals surface area contributed by atoms with Crippen molar-refractivity contribution >= 4 is 35.3 Å². The maximum absolute atomic E-state index is 7.73. The highest BCUT2D eigenvalue weighted by Gasteiger charge is 2.64. The molecule has 9 nitrogen and oxygen atoms in total. The third kappa shape index (κ3) is 11.6. The number of ether oxygens (including phenoxy) is 6. The minimum absolute atomic E-state index is 0.000866. The summed E-state index contributed by atoms with van der Waals surface area (Å²) in [6.45, 7) is 38.8. The van der Waals surface area contributed by atoms with E-state index in [1.807, 2.05) is 6.07 Å². The molecule has 3 aromatic rings. The monoisotopic (exact) mass is 1040 g/mol. The second kappa shape index (κ2) is 20.7. The fraction of sp³-hybridized carbons (Fsp3) is 0.700. The van der Waals surface area contributed by atoms with Gasteiger partial charge in [0.25, 0.3) is 8.32 Å². The molecule has 0 N–H and O–H groups in total. The smallest absolute Gasteiger partial charge is 0.261 e. The van der Waals surface area contributed by atoms with Crippen molar-refractivity contribution in [1.82, 2.24) is 0 Å². The van der Waals surface area contributed by atoms with Crippen LogP contribution in [-0.4, -0.2) is 97.6 Å². The number of hydrogen-bond donors (Lipinski definition) is 0. The molecule has 0 aromatic heterocycles. The Kier molecular flexibility index (Phi) is 16.2. The van der Waals surface area contributed by atoms with E-state index in [-0.39, 0.29) is 63.3 Å². The van der Waals surface area contributed by atoms with Crippen LogP contribution in [0, 0.1) is 5.92 Å². The van der Waals surface area contributed by atoms with Crippen molar-refractivity contribution in [2.75, 3.05) is 13.2 Å². The van der Waals surface area contributed by atoms with E-state index in [0.717, 1.165) is 56.9 Å². The van der Waals surface area contributed by atoms with E-state index in [1.54, 1.807) is 0 Å². The molecule has 5 aliphatic rings. The Hall–Kier alpha value is -2.05. The van der Waals surface area contributed by atoms with Crippen molar-refractivity contribution in [2.45, 2.75) is 248 Å². The van der Waals surface area contributed by atoms with E-state index in [4.69, 9.17) is 41.7 Å². The largest absolute Gasteiger partial charge is 0.411 e. The van der Waals surface area contributed by atoms with Gasteiger partial charge < -0.3 is 41.7 Å². The minimum atomic E-state index is -2.73. The lowest BCUT2D eigenvalue weighted by atomic mass is 9.88. The van der Waals surface area contributed by atoms with Crippen LogP contribution in [0.5, 0.6) is 0 Å². The van der Waals surface area contributed by atoms with Crippen molar-refractivity contribution in [1.29, 1.82) is 0 Å². The van der Waals surface area contributed by atoms with E-state index >= 15 is 0 Å². The Morgan fingerprint density at radius 2 is 1.22 bits per heavy atom. The van der Waals surface area contributed by atoms with Gasteiger partial charge >= 0.3 is 0 Å². The zero-order chi connectivity index (χ0) is 52.2. The Morgan fingerprint density at radius 1 is 0.639 bits per heavy atom. The highest BCUT2D eigenvalue weighted by Crippen LogP contribution is 2.54. The predicted octanol–water partition coefficient (Wildman–Crippen LogP) is 13.2. The summed E-state index contributed by atoms with van der Waals surface area (Å²) in [5.41, 5.74) is 0.0252. The van der Waals surface area contributed by atoms with Gasteiger partial charge in [0.15, 0.2) is 28.2 Å². The molecule has 400 valence electrons. The summed E-state index contributed by atoms with van der Waals surface area (Å²) in [5.74, 6) is -1.41. The lowest BCUT2D eigenvalue weighted by Gasteiger charge is -2.48. The molecule has 5 aliphatic heterocycles. The molecule has 5 saturated heterocycles. The van der Waals surface area contributed by atoms with Crippen LogP contribution in [0.4, 0.5) is 0 Å². The Labute approximate surface area is 438 Å². The lowest BCUT2D eigenvalue weighted by Crippen LogP contribution is -2.67. The normalized spacial score (nSPS) is 32.6. The van der Waals surface area contributed by atoms with Gasteiger partial charge in [-0.15, -0.1) is 0 Å². The minimum Gasteiger partial charge on any atom is -0.411 e. The van der Waals surface area contributed by atoms with Crippen LogP contribution >= 0.6 is 0 Å². The molecular weight excluding hydrogens is 949 g/mol. The van der Waals surface area contributed by atoms with Gasteiger partial charge in [0, 0.05) is 44.6 Å². The summed E-state index contributed by atoms with van der Waals surface area (Å²) in [6, 6.07) is 32.3. The standard InChI is InChI=1S/C60H94O9Si3/c1-44(41-62-72(56(8,9)10,46-29-22-18-23-30-46)47-31-24-19-25-32-47)48-33-26-35-59(63-48)36-34-49(64-59)53(68-71(15,16)55(5,6)7)58(12)40-51(67-70(13,14)54(2,3)4)52(66-58)50-39-57(11)37-38-60(65-50,69-57)43-61-42-45-27-20-17-21-28-45/h17-25,27-32,44,48-53H,26,33-43H2,1-16H3/t44-,48-,49+,50+,51+,52+,53-,57-,58+,59+,60-/m0/s1. The van der Waals surface area contributed by atoms with Crippen LogP contribution in [-0.2, 0) is 48.3 Å². The summed E-state index contributed by atoms with van der Waals surface area (Å²) < 4.78 is 65.9. The Bertz CT molecular complexity index is 2210. The van der Waals surface area contributed by atoms with E-state index in [1.165, 1.54) is 10.4 Å². The van der Waals surface area contributed by atoms with E-state index < -0.39 is 42.1 Å². The van der Waals surface area contributed by atoms with Crippen LogP contribution in [0.1, 0.15) is 146 Å². The molecule has 0 radical (unpaired) electrons. The summed E-state index contributed by atoms with van der Waals surface area (Å²) >= 11 is 0. The molecule has 2 bridgehead atoms. The first-order chi connectivity index (χ1) is 33.5. The predicted molar refractivity (Wildman–Crippen MR) is 297 cm³/mol. The zero-order valence-electron chi connectivity index (χ0n) is 47.4. The van der Waals surface area contributed by atoms with Gasteiger partial charge in [0.05, 0.1) is 42.2 Å². The average Bonchev–Trinajstić information content (AvgIpc) is 3.94. The number of hydrogen-bond acceptors (Lipinski definition) is 9. The highest BCUT2D eigenvalue weighted by molar-refractivity contribution is 6.99. The molecule has 8 rings (SSSR count). The van der Waals surface area contributed by atoms with Crippen molar-refractivity contribution < 1.29 is 41.7 Å². The molecule has 0 saturated carbocycles. The molecule has 5 heterocycles. The lowest BCUT2D eigenvalue weighted by molar-refractivity contribution is -0.344. The topological polar surface area (TPSA) is 83.1 Å². The van der Waals surface area contributed by atoms with Crippen LogP contribution in [0.2, 0.25) is 41.3 Å². The maximum atomic E-state index is 7.73. The first kappa shape index (κ1) is 56.2. The third-order valence-electron chi connectivity index (χ3n) is 18.3. The fourth-order valence-corrected chi connectivity index (χ4v) is 19.5. The van der Waals surface area contributed by atoms with Gasteiger partial charge in [-0.3, -0.25) is 0 Å². The number of rotatable bonds is 17. The van der Waals surface area contributed by atoms with Crippen molar-refractivity contribution in [3.05, 3.63) is 96.6 Å².